The summed E-state index contributed by atoms with van der Waals surface area (Å²) in [7, 11) is 1.35. The number of carbonyl (C=O) groups is 1. The molecule has 3 rings (SSSR count). The summed E-state index contributed by atoms with van der Waals surface area (Å²) >= 11 is 8.31. The highest BCUT2D eigenvalue weighted by Gasteiger charge is 2.12. The quantitative estimate of drug-likeness (QED) is 0.477. The molecule has 5 nitrogen and oxygen atoms in total. The molecular formula is C14H9ClIN3O2. The Morgan fingerprint density at radius 2 is 2.10 bits per heavy atom. The van der Waals surface area contributed by atoms with Gasteiger partial charge in [-0.05, 0) is 46.9 Å². The molecule has 7 heteroatoms. The summed E-state index contributed by atoms with van der Waals surface area (Å²) in [4.78, 5) is 11.6. The average Bonchev–Trinajstić information content (AvgIpc) is 2.92. The van der Waals surface area contributed by atoms with E-state index < -0.39 is 5.97 Å². The molecule has 0 bridgehead atoms. The van der Waals surface area contributed by atoms with E-state index >= 15 is 0 Å². The fourth-order valence-electron chi connectivity index (χ4n) is 1.96. The zero-order valence-corrected chi connectivity index (χ0v) is 13.8. The zero-order valence-electron chi connectivity index (χ0n) is 10.9. The Kier molecular flexibility index (Phi) is 3.81. The van der Waals surface area contributed by atoms with E-state index in [4.69, 9.17) is 16.3 Å². The maximum absolute atomic E-state index is 11.6. The van der Waals surface area contributed by atoms with E-state index in [1.54, 1.807) is 22.7 Å². The molecule has 0 aliphatic rings. The number of benzene rings is 1. The van der Waals surface area contributed by atoms with Crippen LogP contribution in [0.15, 0.2) is 36.5 Å². The van der Waals surface area contributed by atoms with Crippen LogP contribution in [0.3, 0.4) is 0 Å². The molecule has 0 N–H and O–H groups in total. The van der Waals surface area contributed by atoms with Crippen LogP contribution in [0, 0.1) is 3.57 Å². The number of pyridine rings is 1. The van der Waals surface area contributed by atoms with Gasteiger partial charge in [-0.2, -0.15) is 0 Å². The van der Waals surface area contributed by atoms with Crippen LogP contribution < -0.4 is 0 Å². The number of aromatic nitrogens is 3. The van der Waals surface area contributed by atoms with Crippen molar-refractivity contribution in [3.63, 3.8) is 0 Å². The molecule has 2 heterocycles. The van der Waals surface area contributed by atoms with E-state index in [1.807, 2.05) is 18.2 Å². The molecule has 3 aromatic rings. The van der Waals surface area contributed by atoms with Crippen LogP contribution in [0.25, 0.3) is 17.0 Å². The van der Waals surface area contributed by atoms with Gasteiger partial charge in [0.2, 0.25) is 0 Å². The Morgan fingerprint density at radius 1 is 1.29 bits per heavy atom. The summed E-state index contributed by atoms with van der Waals surface area (Å²) in [6.07, 6.45) is 1.66. The van der Waals surface area contributed by atoms with Gasteiger partial charge in [0.25, 0.3) is 0 Å². The number of hydrogen-bond donors (Lipinski definition) is 0. The minimum Gasteiger partial charge on any atom is -0.465 e. The second-order valence-electron chi connectivity index (χ2n) is 4.29. The number of esters is 1. The SMILES string of the molecule is COC(=O)c1ccc2nnc(-c3ccc(I)c(Cl)c3)n2c1. The molecule has 0 amide bonds. The van der Waals surface area contributed by atoms with E-state index in [2.05, 4.69) is 32.8 Å². The smallest absolute Gasteiger partial charge is 0.339 e. The van der Waals surface area contributed by atoms with Gasteiger partial charge in [-0.15, -0.1) is 10.2 Å². The zero-order chi connectivity index (χ0) is 15.0. The van der Waals surface area contributed by atoms with Crippen molar-refractivity contribution in [1.82, 2.24) is 14.6 Å². The van der Waals surface area contributed by atoms with E-state index in [-0.39, 0.29) is 0 Å². The lowest BCUT2D eigenvalue weighted by atomic mass is 10.2. The van der Waals surface area contributed by atoms with Crippen LogP contribution in [0.4, 0.5) is 0 Å². The average molecular weight is 414 g/mol. The molecule has 0 unspecified atom stereocenters. The minimum atomic E-state index is -0.405. The monoisotopic (exact) mass is 413 g/mol. The Balaban J connectivity index is 2.18. The number of fused-ring (bicyclic) bond motifs is 1. The highest BCUT2D eigenvalue weighted by Crippen LogP contribution is 2.26. The minimum absolute atomic E-state index is 0.405. The highest BCUT2D eigenvalue weighted by atomic mass is 127. The van der Waals surface area contributed by atoms with Gasteiger partial charge in [-0.25, -0.2) is 4.79 Å². The van der Waals surface area contributed by atoms with Crippen molar-refractivity contribution in [3.05, 3.63) is 50.7 Å². The third-order valence-electron chi connectivity index (χ3n) is 3.00. The van der Waals surface area contributed by atoms with Crippen molar-refractivity contribution in [2.75, 3.05) is 7.11 Å². The van der Waals surface area contributed by atoms with Gasteiger partial charge in [0.15, 0.2) is 11.5 Å². The molecule has 1 aromatic carbocycles. The van der Waals surface area contributed by atoms with Crippen LogP contribution >= 0.6 is 34.2 Å². The lowest BCUT2D eigenvalue weighted by molar-refractivity contribution is 0.0600. The second kappa shape index (κ2) is 5.61. The van der Waals surface area contributed by atoms with E-state index in [0.29, 0.717) is 22.1 Å². The van der Waals surface area contributed by atoms with Crippen molar-refractivity contribution < 1.29 is 9.53 Å². The van der Waals surface area contributed by atoms with E-state index in [9.17, 15) is 4.79 Å². The largest absolute Gasteiger partial charge is 0.465 e. The third kappa shape index (κ3) is 2.60. The van der Waals surface area contributed by atoms with Gasteiger partial charge >= 0.3 is 5.97 Å². The first-order valence-corrected chi connectivity index (χ1v) is 7.44. The number of nitrogens with zero attached hydrogens (tertiary/aromatic N) is 3. The molecule has 21 heavy (non-hydrogen) atoms. The summed E-state index contributed by atoms with van der Waals surface area (Å²) in [6.45, 7) is 0. The standard InChI is InChI=1S/C14H9ClIN3O2/c1-21-14(20)9-3-5-12-17-18-13(19(12)7-9)8-2-4-11(16)10(15)6-8/h2-7H,1H3. The highest BCUT2D eigenvalue weighted by molar-refractivity contribution is 14.1. The molecule has 106 valence electrons. The van der Waals surface area contributed by atoms with E-state index in [1.165, 1.54) is 7.11 Å². The molecule has 0 atom stereocenters. The molecule has 0 fully saturated rings. The number of ether oxygens (including phenoxy) is 1. The van der Waals surface area contributed by atoms with Crippen molar-refractivity contribution in [2.45, 2.75) is 0 Å². The first-order valence-electron chi connectivity index (χ1n) is 5.98. The van der Waals surface area contributed by atoms with E-state index in [0.717, 1.165) is 9.13 Å². The van der Waals surface area contributed by atoms with Crippen LogP contribution in [0.5, 0.6) is 0 Å². The fourth-order valence-corrected chi connectivity index (χ4v) is 2.48. The first kappa shape index (κ1) is 14.3. The maximum atomic E-state index is 11.6. The van der Waals surface area contributed by atoms with Crippen molar-refractivity contribution in [1.29, 1.82) is 0 Å². The molecule has 2 aromatic heterocycles. The van der Waals surface area contributed by atoms with Gasteiger partial charge < -0.3 is 4.74 Å². The Morgan fingerprint density at radius 3 is 2.81 bits per heavy atom. The van der Waals surface area contributed by atoms with Gasteiger partial charge in [-0.3, -0.25) is 4.40 Å². The lowest BCUT2D eigenvalue weighted by Crippen LogP contribution is -2.03. The molecule has 0 aliphatic carbocycles. The van der Waals surface area contributed by atoms with Gasteiger partial charge in [-0.1, -0.05) is 17.7 Å². The summed E-state index contributed by atoms with van der Waals surface area (Å²) in [5.74, 6) is 0.214. The molecule has 0 spiro atoms. The predicted octanol–water partition coefficient (Wildman–Crippen LogP) is 3.44. The van der Waals surface area contributed by atoms with Gasteiger partial charge in [0.05, 0.1) is 17.7 Å². The maximum Gasteiger partial charge on any atom is 0.339 e. The second-order valence-corrected chi connectivity index (χ2v) is 5.86. The molecular weight excluding hydrogens is 405 g/mol. The fraction of sp³-hybridized carbons (Fsp3) is 0.0714. The van der Waals surface area contributed by atoms with Crippen molar-refractivity contribution in [3.8, 4) is 11.4 Å². The number of carbonyl (C=O) groups excluding carboxylic acids is 1. The molecule has 0 aliphatic heterocycles. The number of hydrogen-bond acceptors (Lipinski definition) is 4. The predicted molar refractivity (Wildman–Crippen MR) is 87.5 cm³/mol. The van der Waals surface area contributed by atoms with Gasteiger partial charge in [0, 0.05) is 15.3 Å². The molecule has 0 radical (unpaired) electrons. The third-order valence-corrected chi connectivity index (χ3v) is 4.57. The Hall–Kier alpha value is -1.67. The summed E-state index contributed by atoms with van der Waals surface area (Å²) in [5, 5.41) is 8.90. The summed E-state index contributed by atoms with van der Waals surface area (Å²) in [5.41, 5.74) is 1.91. The van der Waals surface area contributed by atoms with Crippen LogP contribution in [-0.2, 0) is 4.74 Å². The normalized spacial score (nSPS) is 10.8. The number of methoxy groups -OCH3 is 1. The van der Waals surface area contributed by atoms with Gasteiger partial charge in [0.1, 0.15) is 0 Å². The number of halogens is 2. The van der Waals surface area contributed by atoms with Crippen LogP contribution in [0.1, 0.15) is 10.4 Å². The summed E-state index contributed by atoms with van der Waals surface area (Å²) in [6, 6.07) is 9.01. The van der Waals surface area contributed by atoms with Crippen LogP contribution in [0.2, 0.25) is 5.02 Å². The van der Waals surface area contributed by atoms with Crippen LogP contribution in [-0.4, -0.2) is 27.7 Å². The summed E-state index contributed by atoms with van der Waals surface area (Å²) < 4.78 is 7.43. The Labute approximate surface area is 139 Å². The number of rotatable bonds is 2. The molecule has 0 saturated carbocycles. The lowest BCUT2D eigenvalue weighted by Gasteiger charge is -2.04. The Bertz CT molecular complexity index is 847. The van der Waals surface area contributed by atoms with Crippen molar-refractivity contribution >= 4 is 45.8 Å². The topological polar surface area (TPSA) is 56.5 Å². The van der Waals surface area contributed by atoms with Crippen molar-refractivity contribution in [2.24, 2.45) is 0 Å². The molecule has 0 saturated heterocycles. The first-order chi connectivity index (χ1) is 10.1.